The van der Waals surface area contributed by atoms with Crippen molar-refractivity contribution < 1.29 is 4.79 Å². The number of nitrogens with zero attached hydrogens (tertiary/aromatic N) is 3. The number of carbonyl (C=O) groups excluding carboxylic acids is 1. The van der Waals surface area contributed by atoms with Crippen LogP contribution in [-0.4, -0.2) is 39.7 Å². The fraction of sp³-hybridized carbons (Fsp3) is 0.550. The van der Waals surface area contributed by atoms with Gasteiger partial charge in [0.2, 0.25) is 0 Å². The summed E-state index contributed by atoms with van der Waals surface area (Å²) in [5.74, 6) is 0.464. The Labute approximate surface area is 154 Å². The van der Waals surface area contributed by atoms with Crippen molar-refractivity contribution in [3.05, 3.63) is 40.3 Å². The van der Waals surface area contributed by atoms with Crippen LogP contribution in [0.1, 0.15) is 44.1 Å². The van der Waals surface area contributed by atoms with Crippen LogP contribution in [0.4, 0.5) is 0 Å². The molecule has 6 heteroatoms. The van der Waals surface area contributed by atoms with Gasteiger partial charge in [-0.15, -0.1) is 0 Å². The summed E-state index contributed by atoms with van der Waals surface area (Å²) in [6.07, 6.45) is 1.99. The first-order valence-corrected chi connectivity index (χ1v) is 9.43. The molecule has 26 heavy (non-hydrogen) atoms. The largest absolute Gasteiger partial charge is 0.337 e. The van der Waals surface area contributed by atoms with Crippen LogP contribution in [0.25, 0.3) is 10.8 Å². The number of hydrogen-bond donors (Lipinski definition) is 1. The van der Waals surface area contributed by atoms with Crippen LogP contribution >= 0.6 is 0 Å². The van der Waals surface area contributed by atoms with Gasteiger partial charge < -0.3 is 10.6 Å². The highest BCUT2D eigenvalue weighted by atomic mass is 16.2. The highest BCUT2D eigenvalue weighted by Crippen LogP contribution is 2.22. The van der Waals surface area contributed by atoms with E-state index < -0.39 is 0 Å². The molecular formula is C20H28N4O2. The second-order valence-corrected chi connectivity index (χ2v) is 7.79. The van der Waals surface area contributed by atoms with E-state index in [1.807, 2.05) is 43.9 Å². The Hall–Kier alpha value is -2.21. The predicted molar refractivity (Wildman–Crippen MR) is 103 cm³/mol. The summed E-state index contributed by atoms with van der Waals surface area (Å²) in [7, 11) is 0. The van der Waals surface area contributed by atoms with E-state index >= 15 is 0 Å². The minimum atomic E-state index is -0.141. The number of hydrogen-bond acceptors (Lipinski definition) is 4. The molecule has 1 aromatic heterocycles. The molecule has 0 saturated carbocycles. The SMILES string of the molecule is CC(C)Cn1nc(C(=O)N2CCCC(C(C)N)C2)c2ccccc2c1=O. The number of carbonyl (C=O) groups is 1. The van der Waals surface area contributed by atoms with Gasteiger partial charge in [-0.25, -0.2) is 4.68 Å². The minimum Gasteiger partial charge on any atom is -0.337 e. The fourth-order valence-electron chi connectivity index (χ4n) is 3.64. The highest BCUT2D eigenvalue weighted by molar-refractivity contribution is 6.04. The summed E-state index contributed by atoms with van der Waals surface area (Å²) in [6.45, 7) is 7.91. The Morgan fingerprint density at radius 1 is 1.27 bits per heavy atom. The van der Waals surface area contributed by atoms with Crippen molar-refractivity contribution in [2.24, 2.45) is 17.6 Å². The number of benzene rings is 1. The molecule has 0 radical (unpaired) electrons. The maximum atomic E-state index is 13.2. The van der Waals surface area contributed by atoms with Crippen LogP contribution in [0.3, 0.4) is 0 Å². The summed E-state index contributed by atoms with van der Waals surface area (Å²) >= 11 is 0. The molecule has 1 aromatic carbocycles. The number of piperidine rings is 1. The van der Waals surface area contributed by atoms with Crippen molar-refractivity contribution in [3.8, 4) is 0 Å². The first-order chi connectivity index (χ1) is 12.4. The molecule has 2 unspecified atom stereocenters. The molecule has 1 saturated heterocycles. The van der Waals surface area contributed by atoms with Gasteiger partial charge in [-0.3, -0.25) is 9.59 Å². The third-order valence-electron chi connectivity index (χ3n) is 5.10. The zero-order valence-corrected chi connectivity index (χ0v) is 15.8. The van der Waals surface area contributed by atoms with E-state index in [9.17, 15) is 9.59 Å². The average molecular weight is 356 g/mol. The van der Waals surface area contributed by atoms with E-state index in [0.717, 1.165) is 12.8 Å². The minimum absolute atomic E-state index is 0.0604. The van der Waals surface area contributed by atoms with E-state index in [1.54, 1.807) is 6.07 Å². The molecule has 6 nitrogen and oxygen atoms in total. The normalized spacial score (nSPS) is 19.1. The zero-order valence-electron chi connectivity index (χ0n) is 15.8. The standard InChI is InChI=1S/C20H28N4O2/c1-13(2)11-24-19(25)17-9-5-4-8-16(17)18(22-24)20(26)23-10-6-7-15(12-23)14(3)21/h4-5,8-9,13-15H,6-7,10-12,21H2,1-3H3. The second-order valence-electron chi connectivity index (χ2n) is 7.79. The van der Waals surface area contributed by atoms with Gasteiger partial charge in [-0.2, -0.15) is 5.10 Å². The van der Waals surface area contributed by atoms with Crippen LogP contribution in [0, 0.1) is 11.8 Å². The quantitative estimate of drug-likeness (QED) is 0.911. The molecule has 2 aromatic rings. The zero-order chi connectivity index (χ0) is 18.8. The van der Waals surface area contributed by atoms with Gasteiger partial charge in [0.05, 0.1) is 5.39 Å². The molecular weight excluding hydrogens is 328 g/mol. The average Bonchev–Trinajstić information content (AvgIpc) is 2.63. The summed E-state index contributed by atoms with van der Waals surface area (Å²) in [4.78, 5) is 27.8. The Kier molecular flexibility index (Phi) is 5.41. The molecule has 0 aliphatic carbocycles. The molecule has 2 heterocycles. The smallest absolute Gasteiger partial charge is 0.274 e. The van der Waals surface area contributed by atoms with Crippen molar-refractivity contribution in [1.29, 1.82) is 0 Å². The Morgan fingerprint density at radius 3 is 2.62 bits per heavy atom. The van der Waals surface area contributed by atoms with Crippen LogP contribution in [0.15, 0.2) is 29.1 Å². The molecule has 2 N–H and O–H groups in total. The van der Waals surface area contributed by atoms with Crippen molar-refractivity contribution in [1.82, 2.24) is 14.7 Å². The van der Waals surface area contributed by atoms with Gasteiger partial charge in [0, 0.05) is 31.1 Å². The molecule has 3 rings (SSSR count). The molecule has 1 aliphatic rings. The number of likely N-dealkylation sites (tertiary alicyclic amines) is 1. The van der Waals surface area contributed by atoms with Gasteiger partial charge in [0.15, 0.2) is 5.69 Å². The van der Waals surface area contributed by atoms with E-state index in [0.29, 0.717) is 42.0 Å². The van der Waals surface area contributed by atoms with E-state index in [-0.39, 0.29) is 23.4 Å². The van der Waals surface area contributed by atoms with Gasteiger partial charge in [0.25, 0.3) is 11.5 Å². The van der Waals surface area contributed by atoms with Crippen LogP contribution < -0.4 is 11.3 Å². The summed E-state index contributed by atoms with van der Waals surface area (Å²) < 4.78 is 1.44. The summed E-state index contributed by atoms with van der Waals surface area (Å²) in [6, 6.07) is 7.31. The van der Waals surface area contributed by atoms with Crippen molar-refractivity contribution in [3.63, 3.8) is 0 Å². The molecule has 1 aliphatic heterocycles. The van der Waals surface area contributed by atoms with E-state index in [1.165, 1.54) is 4.68 Å². The number of rotatable bonds is 4. The predicted octanol–water partition coefficient (Wildman–Crippen LogP) is 2.25. The maximum Gasteiger partial charge on any atom is 0.274 e. The van der Waals surface area contributed by atoms with Gasteiger partial charge in [-0.05, 0) is 37.7 Å². The van der Waals surface area contributed by atoms with E-state index in [4.69, 9.17) is 5.73 Å². The molecule has 0 bridgehead atoms. The Balaban J connectivity index is 2.04. The number of fused-ring (bicyclic) bond motifs is 1. The number of nitrogens with two attached hydrogens (primary N) is 1. The first-order valence-electron chi connectivity index (χ1n) is 9.43. The van der Waals surface area contributed by atoms with Crippen LogP contribution in [0.5, 0.6) is 0 Å². The third kappa shape index (κ3) is 3.65. The monoisotopic (exact) mass is 356 g/mol. The molecule has 0 spiro atoms. The van der Waals surface area contributed by atoms with Crippen LogP contribution in [-0.2, 0) is 6.54 Å². The topological polar surface area (TPSA) is 81.2 Å². The second kappa shape index (κ2) is 7.58. The Bertz CT molecular complexity index is 857. The fourth-order valence-corrected chi connectivity index (χ4v) is 3.64. The maximum absolute atomic E-state index is 13.2. The Morgan fingerprint density at radius 2 is 1.96 bits per heavy atom. The molecule has 140 valence electrons. The lowest BCUT2D eigenvalue weighted by atomic mass is 9.92. The lowest BCUT2D eigenvalue weighted by Gasteiger charge is -2.34. The lowest BCUT2D eigenvalue weighted by Crippen LogP contribution is -2.45. The van der Waals surface area contributed by atoms with Crippen molar-refractivity contribution >= 4 is 16.7 Å². The summed E-state index contributed by atoms with van der Waals surface area (Å²) in [5.41, 5.74) is 6.28. The molecule has 2 atom stereocenters. The molecule has 1 fully saturated rings. The number of amides is 1. The molecule has 1 amide bonds. The number of aromatic nitrogens is 2. The third-order valence-corrected chi connectivity index (χ3v) is 5.10. The van der Waals surface area contributed by atoms with Crippen molar-refractivity contribution in [2.45, 2.75) is 46.2 Å². The first kappa shape index (κ1) is 18.6. The summed E-state index contributed by atoms with van der Waals surface area (Å²) in [5, 5.41) is 5.65. The van der Waals surface area contributed by atoms with E-state index in [2.05, 4.69) is 5.10 Å². The van der Waals surface area contributed by atoms with Crippen molar-refractivity contribution in [2.75, 3.05) is 13.1 Å². The highest BCUT2D eigenvalue weighted by Gasteiger charge is 2.28. The lowest BCUT2D eigenvalue weighted by molar-refractivity contribution is 0.0654. The van der Waals surface area contributed by atoms with Crippen LogP contribution in [0.2, 0.25) is 0 Å². The van der Waals surface area contributed by atoms with Gasteiger partial charge >= 0.3 is 0 Å². The van der Waals surface area contributed by atoms with Gasteiger partial charge in [-0.1, -0.05) is 32.0 Å². The van der Waals surface area contributed by atoms with Gasteiger partial charge in [0.1, 0.15) is 0 Å².